The minimum Gasteiger partial charge on any atom is -0.395 e. The molecule has 1 amide bonds. The Morgan fingerprint density at radius 1 is 0.930 bits per heavy atom. The number of carbonyl (C=O) groups excluding carboxylic acids is 1. The van der Waals surface area contributed by atoms with Crippen molar-refractivity contribution in [2.24, 2.45) is 5.14 Å². The molecule has 2 aromatic heterocycles. The van der Waals surface area contributed by atoms with Crippen LogP contribution < -0.4 is 10.0 Å². The lowest BCUT2D eigenvalue weighted by Gasteiger charge is -2.36. The summed E-state index contributed by atoms with van der Waals surface area (Å²) in [7, 11) is -4.10. The fraction of sp³-hybridized carbons (Fsp3) is 0.192. The Kier molecular flexibility index (Phi) is 7.61. The van der Waals surface area contributed by atoms with Crippen molar-refractivity contribution in [1.82, 2.24) is 14.9 Å². The van der Waals surface area contributed by atoms with Crippen molar-refractivity contribution in [3.8, 4) is 22.4 Å². The summed E-state index contributed by atoms with van der Waals surface area (Å²) in [5.74, 6) is -3.74. The van der Waals surface area contributed by atoms with Crippen LogP contribution in [0.1, 0.15) is 16.4 Å². The average molecular weight is 621 g/mol. The number of hydrogen-bond donors (Lipinski definition) is 1. The highest BCUT2D eigenvalue weighted by Gasteiger charge is 2.38. The molecule has 0 radical (unpaired) electrons. The third-order valence-corrected chi connectivity index (χ3v) is 7.51. The summed E-state index contributed by atoms with van der Waals surface area (Å²) >= 11 is 0. The number of benzene rings is 2. The van der Waals surface area contributed by atoms with E-state index in [1.807, 2.05) is 0 Å². The first-order valence-corrected chi connectivity index (χ1v) is 13.9. The van der Waals surface area contributed by atoms with Crippen LogP contribution in [-0.2, 0) is 16.2 Å². The van der Waals surface area contributed by atoms with Gasteiger partial charge in [-0.3, -0.25) is 14.9 Å². The maximum absolute atomic E-state index is 14.1. The minimum atomic E-state index is -4.98. The molecule has 43 heavy (non-hydrogen) atoms. The SMILES string of the molecule is NS(=O)(=O)c1ccc(-c2nc(C(F)(F)F)nc(N3CCN(C(=O)c4ccc([N+](=O)[O-])o4)CC3)c2-c2ccc(F)cc2)cc1. The van der Waals surface area contributed by atoms with Crippen molar-refractivity contribution < 1.29 is 40.1 Å². The smallest absolute Gasteiger partial charge is 0.395 e. The van der Waals surface area contributed by atoms with Gasteiger partial charge < -0.3 is 14.2 Å². The fourth-order valence-electron chi connectivity index (χ4n) is 4.52. The predicted molar refractivity (Wildman–Crippen MR) is 143 cm³/mol. The largest absolute Gasteiger partial charge is 0.451 e. The quantitative estimate of drug-likeness (QED) is 0.190. The molecule has 2 N–H and O–H groups in total. The summed E-state index contributed by atoms with van der Waals surface area (Å²) in [6.07, 6.45) is -4.98. The molecule has 0 unspecified atom stereocenters. The first-order valence-electron chi connectivity index (χ1n) is 12.4. The number of anilines is 1. The van der Waals surface area contributed by atoms with Gasteiger partial charge in [0, 0.05) is 31.7 Å². The standard InChI is InChI=1S/C26H20F4N6O6S/c27-17-5-1-15(2-6-17)21-22(16-3-7-18(8-4-16)43(31,40)41)32-25(26(28,29)30)33-23(21)34-11-13-35(14-12-34)24(37)19-9-10-20(42-19)36(38)39/h1-10H,11-14H2,(H2,31,40,41). The van der Waals surface area contributed by atoms with Gasteiger partial charge in [-0.25, -0.2) is 27.9 Å². The number of piperazine rings is 1. The van der Waals surface area contributed by atoms with E-state index < -0.39 is 44.6 Å². The molecular weight excluding hydrogens is 600 g/mol. The summed E-state index contributed by atoms with van der Waals surface area (Å²) in [5, 5.41) is 16.1. The predicted octanol–water partition coefficient (Wildman–Crippen LogP) is 4.08. The van der Waals surface area contributed by atoms with Crippen molar-refractivity contribution in [3.63, 3.8) is 0 Å². The van der Waals surface area contributed by atoms with Crippen LogP contribution >= 0.6 is 0 Å². The van der Waals surface area contributed by atoms with Gasteiger partial charge in [0.25, 0.3) is 5.91 Å². The molecule has 0 saturated carbocycles. The van der Waals surface area contributed by atoms with Gasteiger partial charge in [-0.2, -0.15) is 13.2 Å². The van der Waals surface area contributed by atoms with E-state index in [4.69, 9.17) is 9.56 Å². The minimum absolute atomic E-state index is 0.0000668. The molecule has 4 aromatic rings. The van der Waals surface area contributed by atoms with Crippen molar-refractivity contribution in [2.45, 2.75) is 11.1 Å². The van der Waals surface area contributed by atoms with Crippen LogP contribution in [0.2, 0.25) is 0 Å². The van der Waals surface area contributed by atoms with Gasteiger partial charge in [0.05, 0.1) is 22.2 Å². The normalized spacial score (nSPS) is 14.2. The number of carbonyl (C=O) groups is 1. The third-order valence-electron chi connectivity index (χ3n) is 6.58. The molecule has 0 bridgehead atoms. The zero-order valence-electron chi connectivity index (χ0n) is 21.8. The highest BCUT2D eigenvalue weighted by Crippen LogP contribution is 2.41. The summed E-state index contributed by atoms with van der Waals surface area (Å²) in [6.45, 7) is 0.00154. The number of amides is 1. The van der Waals surface area contributed by atoms with E-state index >= 15 is 0 Å². The maximum Gasteiger partial charge on any atom is 0.451 e. The molecule has 5 rings (SSSR count). The number of sulfonamides is 1. The number of alkyl halides is 3. The van der Waals surface area contributed by atoms with Gasteiger partial charge in [0.2, 0.25) is 15.8 Å². The molecule has 1 aliphatic heterocycles. The van der Waals surface area contributed by atoms with E-state index in [1.54, 1.807) is 0 Å². The molecule has 0 spiro atoms. The summed E-state index contributed by atoms with van der Waals surface area (Å²) < 4.78 is 84.4. The Morgan fingerprint density at radius 2 is 1.53 bits per heavy atom. The van der Waals surface area contributed by atoms with Crippen LogP contribution in [-0.4, -0.2) is 60.3 Å². The van der Waals surface area contributed by atoms with E-state index in [1.165, 1.54) is 34.1 Å². The van der Waals surface area contributed by atoms with Crippen molar-refractivity contribution >= 4 is 27.6 Å². The second-order valence-electron chi connectivity index (χ2n) is 9.34. The van der Waals surface area contributed by atoms with Gasteiger partial charge in [0.1, 0.15) is 16.6 Å². The number of nitrogens with two attached hydrogens (primary N) is 1. The molecule has 0 atom stereocenters. The molecule has 1 saturated heterocycles. The lowest BCUT2D eigenvalue weighted by molar-refractivity contribution is -0.402. The molecule has 2 aromatic carbocycles. The van der Waals surface area contributed by atoms with Crippen LogP contribution in [0.25, 0.3) is 22.4 Å². The summed E-state index contributed by atoms with van der Waals surface area (Å²) in [4.78, 5) is 33.2. The van der Waals surface area contributed by atoms with E-state index in [2.05, 4.69) is 9.97 Å². The molecular formula is C26H20F4N6O6S. The average Bonchev–Trinajstić information content (AvgIpc) is 3.47. The first kappa shape index (κ1) is 29.6. The molecule has 224 valence electrons. The third kappa shape index (κ3) is 6.17. The summed E-state index contributed by atoms with van der Waals surface area (Å²) in [6, 6.07) is 11.9. The number of aromatic nitrogens is 2. The Morgan fingerprint density at radius 3 is 2.07 bits per heavy atom. The topological polar surface area (TPSA) is 166 Å². The second-order valence-corrected chi connectivity index (χ2v) is 10.9. The highest BCUT2D eigenvalue weighted by atomic mass is 32.2. The van der Waals surface area contributed by atoms with Crippen LogP contribution in [0, 0.1) is 15.9 Å². The van der Waals surface area contributed by atoms with E-state index in [0.717, 1.165) is 36.4 Å². The number of nitro groups is 1. The van der Waals surface area contributed by atoms with E-state index in [-0.39, 0.29) is 65.0 Å². The Labute approximate surface area is 240 Å². The maximum atomic E-state index is 14.1. The Bertz CT molecular complexity index is 1800. The fourth-order valence-corrected chi connectivity index (χ4v) is 5.03. The number of furan rings is 1. The van der Waals surface area contributed by atoms with Gasteiger partial charge >= 0.3 is 12.1 Å². The van der Waals surface area contributed by atoms with E-state index in [0.29, 0.717) is 0 Å². The molecule has 0 aliphatic carbocycles. The van der Waals surface area contributed by atoms with Crippen molar-refractivity contribution in [3.05, 3.63) is 88.2 Å². The first-order chi connectivity index (χ1) is 20.2. The van der Waals surface area contributed by atoms with Crippen molar-refractivity contribution in [2.75, 3.05) is 31.1 Å². The number of rotatable bonds is 6. The lowest BCUT2D eigenvalue weighted by Crippen LogP contribution is -2.49. The van der Waals surface area contributed by atoms with E-state index in [9.17, 15) is 40.9 Å². The molecule has 1 fully saturated rings. The van der Waals surface area contributed by atoms with Crippen LogP contribution in [0.15, 0.2) is 70.0 Å². The van der Waals surface area contributed by atoms with Gasteiger partial charge in [0.15, 0.2) is 5.76 Å². The lowest BCUT2D eigenvalue weighted by atomic mass is 9.98. The van der Waals surface area contributed by atoms with Crippen LogP contribution in [0.3, 0.4) is 0 Å². The number of primary sulfonamides is 1. The molecule has 1 aliphatic rings. The van der Waals surface area contributed by atoms with Gasteiger partial charge in [-0.1, -0.05) is 24.3 Å². The number of nitrogens with zero attached hydrogens (tertiary/aromatic N) is 5. The molecule has 12 nitrogen and oxygen atoms in total. The molecule has 3 heterocycles. The van der Waals surface area contributed by atoms with Crippen LogP contribution in [0.5, 0.6) is 0 Å². The molecule has 17 heteroatoms. The van der Waals surface area contributed by atoms with Crippen molar-refractivity contribution in [1.29, 1.82) is 0 Å². The zero-order valence-corrected chi connectivity index (χ0v) is 22.6. The van der Waals surface area contributed by atoms with Gasteiger partial charge in [-0.15, -0.1) is 0 Å². The second kappa shape index (κ2) is 11.1. The number of halogens is 4. The zero-order chi connectivity index (χ0) is 31.1. The highest BCUT2D eigenvalue weighted by molar-refractivity contribution is 7.89. The monoisotopic (exact) mass is 620 g/mol. The number of hydrogen-bond acceptors (Lipinski definition) is 9. The Balaban J connectivity index is 1.58. The summed E-state index contributed by atoms with van der Waals surface area (Å²) in [5.41, 5.74) is 0.287. The Hall–Kier alpha value is -4.90. The van der Waals surface area contributed by atoms with Crippen LogP contribution in [0.4, 0.5) is 29.3 Å². The van der Waals surface area contributed by atoms with Gasteiger partial charge in [-0.05, 0) is 35.9 Å².